The van der Waals surface area contributed by atoms with Gasteiger partial charge in [-0.3, -0.25) is 14.8 Å². The predicted molar refractivity (Wildman–Crippen MR) is 109 cm³/mol. The lowest BCUT2D eigenvalue weighted by molar-refractivity contribution is -0.116. The predicted octanol–water partition coefficient (Wildman–Crippen LogP) is 2.73. The summed E-state index contributed by atoms with van der Waals surface area (Å²) in [6.07, 6.45) is 14.4. The van der Waals surface area contributed by atoms with Crippen molar-refractivity contribution in [2.45, 2.75) is 62.9 Å². The molecular formula is C22H24N6O. The molecule has 0 spiro atoms. The minimum Gasteiger partial charge on any atom is -0.358 e. The monoisotopic (exact) mass is 388 g/mol. The minimum atomic E-state index is -0.187. The largest absolute Gasteiger partial charge is 0.358 e. The van der Waals surface area contributed by atoms with E-state index in [0.717, 1.165) is 12.2 Å². The first-order valence-electron chi connectivity index (χ1n) is 10.6. The topological polar surface area (TPSA) is 95.1 Å². The molecule has 4 aliphatic rings. The number of carbonyl (C=O) groups excluding carboxylic acids is 1. The van der Waals surface area contributed by atoms with Crippen molar-refractivity contribution in [3.63, 3.8) is 0 Å². The highest BCUT2D eigenvalue weighted by molar-refractivity contribution is 6.32. The van der Waals surface area contributed by atoms with E-state index >= 15 is 0 Å². The molecule has 1 aliphatic heterocycles. The number of carbonyl (C=O) groups is 1. The Kier molecular flexibility index (Phi) is 3.90. The highest BCUT2D eigenvalue weighted by Crippen LogP contribution is 2.49. The molecule has 3 saturated carbocycles. The Balaban J connectivity index is 1.42. The molecule has 0 saturated heterocycles. The van der Waals surface area contributed by atoms with Crippen LogP contribution in [0.1, 0.15) is 78.6 Å². The maximum Gasteiger partial charge on any atom is 0.273 e. The van der Waals surface area contributed by atoms with E-state index in [4.69, 9.17) is 0 Å². The molecule has 0 bridgehead atoms. The Morgan fingerprint density at radius 1 is 1.10 bits per heavy atom. The van der Waals surface area contributed by atoms with Crippen LogP contribution in [0.3, 0.4) is 0 Å². The van der Waals surface area contributed by atoms with Gasteiger partial charge in [0.2, 0.25) is 0 Å². The number of hydrazone groups is 1. The molecule has 3 fully saturated rings. The van der Waals surface area contributed by atoms with Crippen LogP contribution in [-0.4, -0.2) is 32.6 Å². The highest BCUT2D eigenvalue weighted by Gasteiger charge is 2.37. The van der Waals surface area contributed by atoms with Gasteiger partial charge in [0.25, 0.3) is 5.91 Å². The molecule has 7 nitrogen and oxygen atoms in total. The zero-order chi connectivity index (χ0) is 19.4. The van der Waals surface area contributed by atoms with Crippen LogP contribution < -0.4 is 10.7 Å². The highest BCUT2D eigenvalue weighted by atomic mass is 16.2. The average molecular weight is 388 g/mol. The Morgan fingerprint density at radius 3 is 2.62 bits per heavy atom. The van der Waals surface area contributed by atoms with Crippen LogP contribution in [0.25, 0.3) is 6.08 Å². The van der Waals surface area contributed by atoms with Gasteiger partial charge in [-0.25, -0.2) is 5.43 Å². The fourth-order valence-corrected chi connectivity index (χ4v) is 4.22. The Bertz CT molecular complexity index is 1030. The first-order chi connectivity index (χ1) is 14.3. The zero-order valence-electron chi connectivity index (χ0n) is 16.2. The van der Waals surface area contributed by atoms with Crippen LogP contribution >= 0.6 is 0 Å². The summed E-state index contributed by atoms with van der Waals surface area (Å²) in [7, 11) is 0. The van der Waals surface area contributed by atoms with Gasteiger partial charge in [0.1, 0.15) is 11.4 Å². The average Bonchev–Trinajstić information content (AvgIpc) is 3.60. The fourth-order valence-electron chi connectivity index (χ4n) is 4.22. The molecule has 0 unspecified atom stereocenters. The van der Waals surface area contributed by atoms with E-state index in [1.54, 1.807) is 18.6 Å². The Morgan fingerprint density at radius 2 is 1.93 bits per heavy atom. The van der Waals surface area contributed by atoms with E-state index in [-0.39, 0.29) is 5.91 Å². The van der Waals surface area contributed by atoms with Crippen LogP contribution in [0.15, 0.2) is 29.3 Å². The first-order valence-corrected chi connectivity index (χ1v) is 10.6. The number of amides is 1. The number of hydrogen-bond donors (Lipinski definition) is 3. The van der Waals surface area contributed by atoms with E-state index in [0.29, 0.717) is 34.9 Å². The number of aromatic amines is 1. The molecule has 3 aliphatic carbocycles. The van der Waals surface area contributed by atoms with Crippen molar-refractivity contribution in [3.8, 4) is 0 Å². The van der Waals surface area contributed by atoms with Gasteiger partial charge in [-0.15, -0.1) is 0 Å². The normalized spacial score (nSPS) is 22.8. The van der Waals surface area contributed by atoms with Gasteiger partial charge in [0, 0.05) is 36.4 Å². The van der Waals surface area contributed by atoms with Crippen LogP contribution in [0, 0.1) is 0 Å². The molecule has 148 valence electrons. The summed E-state index contributed by atoms with van der Waals surface area (Å²) in [5.74, 6) is 1.05. The number of rotatable bonds is 7. The lowest BCUT2D eigenvalue weighted by Crippen LogP contribution is -2.17. The Labute approximate surface area is 169 Å². The van der Waals surface area contributed by atoms with Crippen molar-refractivity contribution in [1.29, 1.82) is 0 Å². The van der Waals surface area contributed by atoms with Crippen molar-refractivity contribution in [2.75, 3.05) is 0 Å². The lowest BCUT2D eigenvalue weighted by Gasteiger charge is -2.08. The van der Waals surface area contributed by atoms with Crippen molar-refractivity contribution in [3.05, 3.63) is 52.4 Å². The first kappa shape index (κ1) is 17.1. The van der Waals surface area contributed by atoms with Crippen molar-refractivity contribution >= 4 is 17.7 Å². The third kappa shape index (κ3) is 3.29. The van der Waals surface area contributed by atoms with Gasteiger partial charge in [0.05, 0.1) is 11.8 Å². The summed E-state index contributed by atoms with van der Waals surface area (Å²) < 4.78 is 0. The molecule has 2 aromatic heterocycles. The molecular weight excluding hydrogens is 364 g/mol. The van der Waals surface area contributed by atoms with Crippen molar-refractivity contribution < 1.29 is 4.79 Å². The lowest BCUT2D eigenvalue weighted by atomic mass is 9.99. The fraction of sp³-hybridized carbons (Fsp3) is 0.455. The second kappa shape index (κ2) is 6.62. The second-order valence-corrected chi connectivity index (χ2v) is 8.60. The third-order valence-electron chi connectivity index (χ3n) is 6.19. The van der Waals surface area contributed by atoms with E-state index in [1.807, 2.05) is 6.08 Å². The molecule has 7 heteroatoms. The number of nitrogens with zero attached hydrogens (tertiary/aromatic N) is 3. The third-order valence-corrected chi connectivity index (χ3v) is 6.19. The molecule has 3 heterocycles. The van der Waals surface area contributed by atoms with Gasteiger partial charge in [0.15, 0.2) is 0 Å². The number of aromatic nitrogens is 3. The van der Waals surface area contributed by atoms with Crippen LogP contribution in [0.5, 0.6) is 0 Å². The van der Waals surface area contributed by atoms with Crippen LogP contribution in [0.2, 0.25) is 0 Å². The van der Waals surface area contributed by atoms with E-state index in [1.165, 1.54) is 55.3 Å². The summed E-state index contributed by atoms with van der Waals surface area (Å²) >= 11 is 0. The molecule has 1 amide bonds. The van der Waals surface area contributed by atoms with Gasteiger partial charge >= 0.3 is 0 Å². The molecule has 3 N–H and O–H groups in total. The van der Waals surface area contributed by atoms with E-state index < -0.39 is 0 Å². The smallest absolute Gasteiger partial charge is 0.273 e. The maximum atomic E-state index is 12.6. The number of nitrogens with one attached hydrogen (secondary N) is 3. The van der Waals surface area contributed by atoms with Gasteiger partial charge < -0.3 is 10.3 Å². The molecule has 0 aromatic carbocycles. The number of H-pyrrole nitrogens is 1. The Hall–Kier alpha value is -2.80. The van der Waals surface area contributed by atoms with Gasteiger partial charge in [-0.1, -0.05) is 0 Å². The summed E-state index contributed by atoms with van der Waals surface area (Å²) in [5, 5.41) is 7.93. The summed E-state index contributed by atoms with van der Waals surface area (Å²) in [5.41, 5.74) is 9.62. The number of hydrogen-bond acceptors (Lipinski definition) is 5. The molecule has 0 atom stereocenters. The van der Waals surface area contributed by atoms with Crippen molar-refractivity contribution in [1.82, 2.24) is 25.7 Å². The second-order valence-electron chi connectivity index (χ2n) is 8.60. The minimum absolute atomic E-state index is 0.187. The maximum absolute atomic E-state index is 12.6. The van der Waals surface area contributed by atoms with Crippen LogP contribution in [-0.2, 0) is 11.3 Å². The summed E-state index contributed by atoms with van der Waals surface area (Å²) in [6.45, 7) is 0.930. The standard InChI is InChI=1S/C22H24N6O/c29-22-15(21(27-28-22)18-11-23-7-8-24-18)9-17-19(12-1-2-12)16(10-25-14-5-6-14)20(26-17)13-3-4-13/h7-9,11-14,25-26H,1-6,10H2,(H,28,29)/b15-9+. The van der Waals surface area contributed by atoms with Gasteiger partial charge in [-0.2, -0.15) is 5.10 Å². The summed E-state index contributed by atoms with van der Waals surface area (Å²) in [4.78, 5) is 24.7. The quantitative estimate of drug-likeness (QED) is 0.636. The van der Waals surface area contributed by atoms with E-state index in [9.17, 15) is 4.79 Å². The SMILES string of the molecule is O=C1NN=C(c2cnccn2)/C1=C\c1[nH]c(C2CC2)c(CNC2CC2)c1C1CC1. The van der Waals surface area contributed by atoms with Crippen LogP contribution in [0.4, 0.5) is 0 Å². The van der Waals surface area contributed by atoms with Gasteiger partial charge in [-0.05, 0) is 67.6 Å². The molecule has 29 heavy (non-hydrogen) atoms. The van der Waals surface area contributed by atoms with Crippen molar-refractivity contribution in [2.24, 2.45) is 5.10 Å². The summed E-state index contributed by atoms with van der Waals surface area (Å²) in [6, 6.07) is 0.682. The molecule has 6 rings (SSSR count). The molecule has 0 radical (unpaired) electrons. The van der Waals surface area contributed by atoms with E-state index in [2.05, 4.69) is 30.8 Å². The zero-order valence-corrected chi connectivity index (χ0v) is 16.2. The molecule has 2 aromatic rings.